The summed E-state index contributed by atoms with van der Waals surface area (Å²) < 4.78 is 26.2. The second-order valence-electron chi connectivity index (χ2n) is 5.87. The Labute approximate surface area is 154 Å². The molecule has 2 heterocycles. The Hall–Kier alpha value is -3.23. The van der Waals surface area contributed by atoms with Crippen LogP contribution in [0.25, 0.3) is 11.0 Å². The second-order valence-corrected chi connectivity index (χ2v) is 5.87. The minimum atomic E-state index is -0.407. The Kier molecular flexibility index (Phi) is 5.80. The summed E-state index contributed by atoms with van der Waals surface area (Å²) in [5, 5.41) is 4.40. The highest BCUT2D eigenvalue weighted by Crippen LogP contribution is 2.11. The van der Waals surface area contributed by atoms with E-state index in [0.29, 0.717) is 29.8 Å². The van der Waals surface area contributed by atoms with E-state index in [1.807, 2.05) is 0 Å². The molecule has 142 valence electrons. The molecule has 0 saturated carbocycles. The lowest BCUT2D eigenvalue weighted by atomic mass is 10.3. The number of nitrogens with zero attached hydrogens (tertiary/aromatic N) is 4. The molecule has 0 fully saturated rings. The van der Waals surface area contributed by atoms with Gasteiger partial charge in [-0.05, 0) is 24.3 Å². The lowest BCUT2D eigenvalue weighted by Gasteiger charge is -2.08. The predicted molar refractivity (Wildman–Crippen MR) is 94.9 cm³/mol. The van der Waals surface area contributed by atoms with Crippen LogP contribution in [0.1, 0.15) is 12.8 Å². The standard InChI is InChI=1S/C18H19FN4O4/c1-22-17-15(11-21-22)18(25)23(12-20-17)8-7-16(24)27-10-2-9-26-14-5-3-13(19)4-6-14/h3-6,11-12H,2,7-10H2,1H3. The number of fused-ring (bicyclic) bond motifs is 1. The fraction of sp³-hybridized carbons (Fsp3) is 0.333. The van der Waals surface area contributed by atoms with Gasteiger partial charge < -0.3 is 9.47 Å². The van der Waals surface area contributed by atoms with E-state index >= 15 is 0 Å². The van der Waals surface area contributed by atoms with E-state index in [1.165, 1.54) is 46.0 Å². The number of benzene rings is 1. The van der Waals surface area contributed by atoms with Crippen LogP contribution in [0.5, 0.6) is 5.75 Å². The minimum Gasteiger partial charge on any atom is -0.493 e. The van der Waals surface area contributed by atoms with Gasteiger partial charge in [-0.3, -0.25) is 18.8 Å². The lowest BCUT2D eigenvalue weighted by Crippen LogP contribution is -2.22. The molecule has 0 aliphatic rings. The molecule has 9 heteroatoms. The van der Waals surface area contributed by atoms with Crippen LogP contribution in [0.3, 0.4) is 0 Å². The minimum absolute atomic E-state index is 0.0617. The van der Waals surface area contributed by atoms with Gasteiger partial charge in [0.15, 0.2) is 5.65 Å². The molecule has 3 aromatic rings. The van der Waals surface area contributed by atoms with Crippen molar-refractivity contribution in [1.29, 1.82) is 0 Å². The van der Waals surface area contributed by atoms with Gasteiger partial charge in [-0.25, -0.2) is 9.37 Å². The monoisotopic (exact) mass is 374 g/mol. The Morgan fingerprint density at radius 2 is 2.00 bits per heavy atom. The van der Waals surface area contributed by atoms with Crippen LogP contribution in [0, 0.1) is 5.82 Å². The number of rotatable bonds is 8. The maximum atomic E-state index is 12.8. The van der Waals surface area contributed by atoms with Gasteiger partial charge in [0.25, 0.3) is 5.56 Å². The van der Waals surface area contributed by atoms with Crippen molar-refractivity contribution in [1.82, 2.24) is 19.3 Å². The van der Waals surface area contributed by atoms with Crippen LogP contribution in [0.15, 0.2) is 41.6 Å². The molecule has 1 aromatic carbocycles. The van der Waals surface area contributed by atoms with Crippen LogP contribution in [-0.4, -0.2) is 38.5 Å². The number of aromatic nitrogens is 4. The predicted octanol–water partition coefficient (Wildman–Crippen LogP) is 1.67. The normalized spacial score (nSPS) is 10.9. The zero-order chi connectivity index (χ0) is 19.2. The van der Waals surface area contributed by atoms with Crippen molar-refractivity contribution in [2.75, 3.05) is 13.2 Å². The number of hydrogen-bond acceptors (Lipinski definition) is 6. The molecule has 0 aliphatic carbocycles. The summed E-state index contributed by atoms with van der Waals surface area (Å²) in [6.45, 7) is 0.733. The SMILES string of the molecule is Cn1ncc2c(=O)n(CCC(=O)OCCCOc3ccc(F)cc3)cnc21. The van der Waals surface area contributed by atoms with Crippen molar-refractivity contribution < 1.29 is 18.7 Å². The van der Waals surface area contributed by atoms with E-state index in [4.69, 9.17) is 9.47 Å². The highest BCUT2D eigenvalue weighted by atomic mass is 19.1. The first-order chi connectivity index (χ1) is 13.0. The summed E-state index contributed by atoms with van der Waals surface area (Å²) in [4.78, 5) is 28.3. The van der Waals surface area contributed by atoms with E-state index in [9.17, 15) is 14.0 Å². The van der Waals surface area contributed by atoms with Crippen molar-refractivity contribution in [2.24, 2.45) is 7.05 Å². The number of carbonyl (C=O) groups excluding carboxylic acids is 1. The highest BCUT2D eigenvalue weighted by molar-refractivity contribution is 5.73. The van der Waals surface area contributed by atoms with Crippen molar-refractivity contribution >= 4 is 17.0 Å². The van der Waals surface area contributed by atoms with Gasteiger partial charge in [-0.2, -0.15) is 5.10 Å². The molecule has 0 unspecified atom stereocenters. The van der Waals surface area contributed by atoms with Gasteiger partial charge in [0.05, 0.1) is 32.2 Å². The second kappa shape index (κ2) is 8.43. The molecule has 0 amide bonds. The molecule has 0 aliphatic heterocycles. The first-order valence-electron chi connectivity index (χ1n) is 8.46. The number of esters is 1. The summed E-state index contributed by atoms with van der Waals surface area (Å²) in [6.07, 6.45) is 3.43. The van der Waals surface area contributed by atoms with Crippen LogP contribution in [0.2, 0.25) is 0 Å². The number of carbonyl (C=O) groups is 1. The average molecular weight is 374 g/mol. The Bertz CT molecular complexity index is 981. The van der Waals surface area contributed by atoms with Crippen LogP contribution in [0.4, 0.5) is 4.39 Å². The van der Waals surface area contributed by atoms with Crippen LogP contribution < -0.4 is 10.3 Å². The van der Waals surface area contributed by atoms with Gasteiger partial charge in [-0.15, -0.1) is 0 Å². The Morgan fingerprint density at radius 3 is 2.78 bits per heavy atom. The van der Waals surface area contributed by atoms with Crippen molar-refractivity contribution in [3.8, 4) is 5.75 Å². The third-order valence-electron chi connectivity index (χ3n) is 3.91. The molecule has 0 atom stereocenters. The van der Waals surface area contributed by atoms with Gasteiger partial charge in [-0.1, -0.05) is 0 Å². The zero-order valence-electron chi connectivity index (χ0n) is 14.8. The molecule has 0 spiro atoms. The topological polar surface area (TPSA) is 88.2 Å². The van der Waals surface area contributed by atoms with E-state index in [-0.39, 0.29) is 30.9 Å². The number of ether oxygens (including phenoxy) is 2. The molecule has 0 bridgehead atoms. The summed E-state index contributed by atoms with van der Waals surface area (Å²) in [5.74, 6) is -0.177. The van der Waals surface area contributed by atoms with E-state index in [2.05, 4.69) is 10.1 Å². The lowest BCUT2D eigenvalue weighted by molar-refractivity contribution is -0.144. The van der Waals surface area contributed by atoms with Crippen LogP contribution >= 0.6 is 0 Å². The molecule has 27 heavy (non-hydrogen) atoms. The van der Waals surface area contributed by atoms with Gasteiger partial charge in [0, 0.05) is 20.0 Å². The van der Waals surface area contributed by atoms with Crippen molar-refractivity contribution in [3.05, 3.63) is 53.0 Å². The number of aryl methyl sites for hydroxylation is 2. The van der Waals surface area contributed by atoms with E-state index < -0.39 is 5.97 Å². The maximum absolute atomic E-state index is 12.8. The third kappa shape index (κ3) is 4.69. The Balaban J connectivity index is 1.39. The van der Waals surface area contributed by atoms with E-state index in [1.54, 1.807) is 7.05 Å². The molecule has 0 N–H and O–H groups in total. The molecule has 8 nitrogen and oxygen atoms in total. The summed E-state index contributed by atoms with van der Waals surface area (Å²) in [7, 11) is 1.70. The summed E-state index contributed by atoms with van der Waals surface area (Å²) in [5.41, 5.74) is 0.258. The molecular formula is C18H19FN4O4. The van der Waals surface area contributed by atoms with E-state index in [0.717, 1.165) is 0 Å². The molecule has 0 saturated heterocycles. The fourth-order valence-electron chi connectivity index (χ4n) is 2.48. The quantitative estimate of drug-likeness (QED) is 0.440. The molecule has 2 aromatic heterocycles. The van der Waals surface area contributed by atoms with Gasteiger partial charge in [0.2, 0.25) is 0 Å². The fourth-order valence-corrected chi connectivity index (χ4v) is 2.48. The number of hydrogen-bond donors (Lipinski definition) is 0. The maximum Gasteiger partial charge on any atom is 0.307 e. The molecular weight excluding hydrogens is 355 g/mol. The van der Waals surface area contributed by atoms with Gasteiger partial charge in [0.1, 0.15) is 17.0 Å². The van der Waals surface area contributed by atoms with Crippen molar-refractivity contribution in [3.63, 3.8) is 0 Å². The molecule has 3 rings (SSSR count). The average Bonchev–Trinajstić information content (AvgIpc) is 3.04. The molecule has 0 radical (unpaired) electrons. The third-order valence-corrected chi connectivity index (χ3v) is 3.91. The number of halogens is 1. The largest absolute Gasteiger partial charge is 0.493 e. The van der Waals surface area contributed by atoms with Crippen LogP contribution in [-0.2, 0) is 23.1 Å². The summed E-state index contributed by atoms with van der Waals surface area (Å²) >= 11 is 0. The summed E-state index contributed by atoms with van der Waals surface area (Å²) in [6, 6.07) is 5.70. The first kappa shape index (κ1) is 18.6. The highest BCUT2D eigenvalue weighted by Gasteiger charge is 2.10. The smallest absolute Gasteiger partial charge is 0.307 e. The zero-order valence-corrected chi connectivity index (χ0v) is 14.8. The first-order valence-corrected chi connectivity index (χ1v) is 8.46. The van der Waals surface area contributed by atoms with Gasteiger partial charge >= 0.3 is 5.97 Å². The van der Waals surface area contributed by atoms with Crippen molar-refractivity contribution in [2.45, 2.75) is 19.4 Å². The Morgan fingerprint density at radius 1 is 1.22 bits per heavy atom.